The normalized spacial score (nSPS) is 12.9. The van der Waals surface area contributed by atoms with E-state index in [0.29, 0.717) is 12.8 Å². The number of carbonyl (C=O) groups is 2. The van der Waals surface area contributed by atoms with Crippen LogP contribution in [0.3, 0.4) is 0 Å². The molecule has 0 rings (SSSR count). The van der Waals surface area contributed by atoms with Crippen molar-refractivity contribution in [3.8, 4) is 0 Å². The van der Waals surface area contributed by atoms with Crippen LogP contribution in [0.5, 0.6) is 0 Å². The van der Waals surface area contributed by atoms with E-state index in [9.17, 15) is 14.7 Å². The van der Waals surface area contributed by atoms with Crippen molar-refractivity contribution in [1.82, 2.24) is 0 Å². The minimum Gasteiger partial charge on any atom is -0.462 e. The lowest BCUT2D eigenvalue weighted by molar-refractivity contribution is -0.161. The molecule has 0 amide bonds. The largest absolute Gasteiger partial charge is 0.462 e. The van der Waals surface area contributed by atoms with E-state index in [1.807, 2.05) is 0 Å². The fourth-order valence-corrected chi connectivity index (χ4v) is 5.69. The number of unbranched alkanes of at least 4 members (excludes halogenated alkanes) is 18. The Labute approximate surface area is 321 Å². The average molecular weight is 725 g/mol. The molecule has 0 aliphatic heterocycles. The first-order valence-corrected chi connectivity index (χ1v) is 21.5. The van der Waals surface area contributed by atoms with Gasteiger partial charge >= 0.3 is 11.9 Å². The number of hydrogen-bond acceptors (Lipinski definition) is 5. The van der Waals surface area contributed by atoms with Crippen LogP contribution in [0.4, 0.5) is 0 Å². The van der Waals surface area contributed by atoms with Crippen LogP contribution in [0.1, 0.15) is 194 Å². The zero-order valence-corrected chi connectivity index (χ0v) is 33.8. The second kappa shape index (κ2) is 42.8. The Morgan fingerprint density at radius 2 is 0.788 bits per heavy atom. The summed E-state index contributed by atoms with van der Waals surface area (Å²) in [5, 5.41) is 9.57. The molecular formula is C47H80O5. The molecule has 0 bridgehead atoms. The molecule has 0 aliphatic carbocycles. The highest BCUT2D eigenvalue weighted by Gasteiger charge is 2.15. The molecule has 0 spiro atoms. The molecule has 1 atom stereocenters. The Hall–Kier alpha value is -2.66. The zero-order valence-electron chi connectivity index (χ0n) is 33.8. The van der Waals surface area contributed by atoms with Crippen LogP contribution in [0.25, 0.3) is 0 Å². The second-order valence-corrected chi connectivity index (χ2v) is 14.1. The van der Waals surface area contributed by atoms with Crippen molar-refractivity contribution >= 4 is 11.9 Å². The fourth-order valence-electron chi connectivity index (χ4n) is 5.69. The number of allylic oxidation sites excluding steroid dienone is 12. The molecule has 0 heterocycles. The molecule has 5 heteroatoms. The highest BCUT2D eigenvalue weighted by Crippen LogP contribution is 2.12. The quantitative estimate of drug-likeness (QED) is 0.0390. The van der Waals surface area contributed by atoms with Gasteiger partial charge in [-0.25, -0.2) is 0 Å². The van der Waals surface area contributed by atoms with E-state index in [4.69, 9.17) is 9.47 Å². The van der Waals surface area contributed by atoms with Crippen molar-refractivity contribution in [3.05, 3.63) is 72.9 Å². The molecule has 0 unspecified atom stereocenters. The molecule has 0 aliphatic rings. The number of hydrogen-bond donors (Lipinski definition) is 1. The van der Waals surface area contributed by atoms with Crippen molar-refractivity contribution in [2.45, 2.75) is 200 Å². The van der Waals surface area contributed by atoms with Gasteiger partial charge in [0.25, 0.3) is 0 Å². The third kappa shape index (κ3) is 40.1. The summed E-state index contributed by atoms with van der Waals surface area (Å²) in [7, 11) is 0. The smallest absolute Gasteiger partial charge is 0.306 e. The number of esters is 2. The van der Waals surface area contributed by atoms with Crippen molar-refractivity contribution in [2.24, 2.45) is 0 Å². The summed E-state index contributed by atoms with van der Waals surface area (Å²) in [6, 6.07) is 0. The van der Waals surface area contributed by atoms with E-state index in [1.54, 1.807) is 0 Å². The lowest BCUT2D eigenvalue weighted by atomic mass is 10.1. The van der Waals surface area contributed by atoms with Gasteiger partial charge in [0, 0.05) is 12.8 Å². The number of ether oxygens (including phenoxy) is 2. The van der Waals surface area contributed by atoms with Gasteiger partial charge < -0.3 is 14.6 Å². The first-order valence-electron chi connectivity index (χ1n) is 21.5. The second-order valence-electron chi connectivity index (χ2n) is 14.1. The van der Waals surface area contributed by atoms with Gasteiger partial charge in [-0.2, -0.15) is 0 Å². The molecule has 0 aromatic carbocycles. The van der Waals surface area contributed by atoms with Crippen molar-refractivity contribution < 1.29 is 24.2 Å². The van der Waals surface area contributed by atoms with Crippen LogP contribution in [0, 0.1) is 0 Å². The monoisotopic (exact) mass is 725 g/mol. The van der Waals surface area contributed by atoms with Gasteiger partial charge in [-0.05, 0) is 83.5 Å². The Morgan fingerprint density at radius 1 is 0.442 bits per heavy atom. The topological polar surface area (TPSA) is 72.8 Å². The first-order chi connectivity index (χ1) is 25.6. The van der Waals surface area contributed by atoms with Gasteiger partial charge in [0.2, 0.25) is 0 Å². The summed E-state index contributed by atoms with van der Waals surface area (Å²) in [5.41, 5.74) is 0. The minimum absolute atomic E-state index is 0.0950. The maximum Gasteiger partial charge on any atom is 0.306 e. The maximum atomic E-state index is 12.2. The van der Waals surface area contributed by atoms with Gasteiger partial charge in [-0.3, -0.25) is 9.59 Å². The molecule has 1 N–H and O–H groups in total. The summed E-state index contributed by atoms with van der Waals surface area (Å²) < 4.78 is 10.6. The van der Waals surface area contributed by atoms with Crippen molar-refractivity contribution in [2.75, 3.05) is 13.2 Å². The first kappa shape index (κ1) is 49.3. The van der Waals surface area contributed by atoms with E-state index in [2.05, 4.69) is 86.8 Å². The molecule has 0 saturated heterocycles. The number of rotatable bonds is 38. The van der Waals surface area contributed by atoms with Gasteiger partial charge in [0.15, 0.2) is 6.10 Å². The molecule has 0 aromatic rings. The number of carbonyl (C=O) groups excluding carboxylic acids is 2. The third-order valence-electron chi connectivity index (χ3n) is 8.97. The van der Waals surface area contributed by atoms with E-state index >= 15 is 0 Å². The molecular weight excluding hydrogens is 645 g/mol. The molecule has 52 heavy (non-hydrogen) atoms. The molecule has 298 valence electrons. The lowest BCUT2D eigenvalue weighted by Gasteiger charge is -2.15. The van der Waals surface area contributed by atoms with E-state index < -0.39 is 6.10 Å². The third-order valence-corrected chi connectivity index (χ3v) is 8.97. The lowest BCUT2D eigenvalue weighted by Crippen LogP contribution is -2.28. The van der Waals surface area contributed by atoms with Crippen LogP contribution < -0.4 is 0 Å². The summed E-state index contributed by atoms with van der Waals surface area (Å²) in [6.45, 7) is 4.05. The summed E-state index contributed by atoms with van der Waals surface area (Å²) in [5.74, 6) is -0.669. The van der Waals surface area contributed by atoms with E-state index in [0.717, 1.165) is 57.8 Å². The Bertz CT molecular complexity index is 957. The Morgan fingerprint density at radius 3 is 1.25 bits per heavy atom. The van der Waals surface area contributed by atoms with Gasteiger partial charge in [-0.1, -0.05) is 170 Å². The predicted molar refractivity (Wildman–Crippen MR) is 223 cm³/mol. The number of aliphatic hydroxyl groups is 1. The molecule has 0 saturated carbocycles. The summed E-state index contributed by atoms with van der Waals surface area (Å²) >= 11 is 0. The van der Waals surface area contributed by atoms with E-state index in [-0.39, 0.29) is 31.6 Å². The fraction of sp³-hybridized carbons (Fsp3) is 0.702. The molecule has 5 nitrogen and oxygen atoms in total. The zero-order chi connectivity index (χ0) is 37.8. The van der Waals surface area contributed by atoms with Crippen LogP contribution in [-0.2, 0) is 19.1 Å². The van der Waals surface area contributed by atoms with Gasteiger partial charge in [0.05, 0.1) is 6.61 Å². The number of aliphatic hydroxyl groups excluding tert-OH is 1. The Balaban J connectivity index is 3.68. The van der Waals surface area contributed by atoms with E-state index in [1.165, 1.54) is 103 Å². The van der Waals surface area contributed by atoms with Crippen LogP contribution in [0.2, 0.25) is 0 Å². The summed E-state index contributed by atoms with van der Waals surface area (Å²) in [6.07, 6.45) is 56.9. The van der Waals surface area contributed by atoms with Crippen LogP contribution >= 0.6 is 0 Å². The predicted octanol–water partition coefficient (Wildman–Crippen LogP) is 13.7. The van der Waals surface area contributed by atoms with Crippen LogP contribution in [-0.4, -0.2) is 36.4 Å². The minimum atomic E-state index is -0.807. The standard InChI is InChI=1S/C47H80O5/c1-3-5-7-9-11-13-15-17-19-21-22-23-24-26-28-30-32-34-36-38-40-42-47(50)52-45(43-48)44-51-46(49)41-39-37-35-33-31-29-27-25-20-18-16-14-12-10-8-6-4-2/h12,14,18-21,23-24,28,30,34,36,45,48H,3-11,13,15-17,22,25-27,29,31-33,35,37-44H2,1-2H3/b14-12+,20-18+,21-19+,24-23+,30-28+,36-34+/t45-/m0/s1. The van der Waals surface area contributed by atoms with Crippen molar-refractivity contribution in [3.63, 3.8) is 0 Å². The Kier molecular flexibility index (Phi) is 40.6. The average Bonchev–Trinajstić information content (AvgIpc) is 3.15. The van der Waals surface area contributed by atoms with Gasteiger partial charge in [0.1, 0.15) is 6.61 Å². The maximum absolute atomic E-state index is 12.2. The summed E-state index contributed by atoms with van der Waals surface area (Å²) in [4.78, 5) is 24.3. The molecule has 0 aromatic heterocycles. The molecule has 0 radical (unpaired) electrons. The highest BCUT2D eigenvalue weighted by atomic mass is 16.6. The van der Waals surface area contributed by atoms with Crippen LogP contribution in [0.15, 0.2) is 72.9 Å². The highest BCUT2D eigenvalue weighted by molar-refractivity contribution is 5.70. The van der Waals surface area contributed by atoms with Crippen molar-refractivity contribution in [1.29, 1.82) is 0 Å². The molecule has 0 fully saturated rings. The SMILES string of the molecule is CCCCC/C=C/C/C=C/CCCCCCCCCC(=O)OC[C@H](CO)OC(=O)CCC/C=C/C/C=C/C/C=C/C/C=C/CCCCCCCCC. The van der Waals surface area contributed by atoms with Gasteiger partial charge in [-0.15, -0.1) is 0 Å².